The smallest absolute Gasteiger partial charge is 0.405 e. The predicted molar refractivity (Wildman–Crippen MR) is 61.6 cm³/mol. The Morgan fingerprint density at radius 3 is 2.65 bits per heavy atom. The summed E-state index contributed by atoms with van der Waals surface area (Å²) in [5.74, 6) is -1.75. The van der Waals surface area contributed by atoms with Gasteiger partial charge < -0.3 is 15.2 Å². The molecule has 0 aliphatic rings. The van der Waals surface area contributed by atoms with Gasteiger partial charge in [-0.3, -0.25) is 4.79 Å². The first-order chi connectivity index (χ1) is 9.19. The molecule has 1 amide bonds. The molecule has 0 spiro atoms. The van der Waals surface area contributed by atoms with Gasteiger partial charge in [0.15, 0.2) is 6.61 Å². The van der Waals surface area contributed by atoms with Crippen LogP contribution in [0.4, 0.5) is 17.6 Å². The Balaban J connectivity index is 2.61. The molecule has 0 fully saturated rings. The van der Waals surface area contributed by atoms with Crippen molar-refractivity contribution < 1.29 is 32.2 Å². The van der Waals surface area contributed by atoms with E-state index >= 15 is 0 Å². The zero-order chi connectivity index (χ0) is 15.3. The Morgan fingerprint density at radius 1 is 1.45 bits per heavy atom. The van der Waals surface area contributed by atoms with Crippen molar-refractivity contribution in [3.63, 3.8) is 0 Å². The lowest BCUT2D eigenvalue weighted by Gasteiger charge is -2.14. The van der Waals surface area contributed by atoms with E-state index in [1.54, 1.807) is 5.32 Å². The first-order valence-electron chi connectivity index (χ1n) is 5.63. The monoisotopic (exact) mass is 295 g/mol. The Hall–Kier alpha value is -1.83. The Labute approximate surface area is 112 Å². The maximum Gasteiger partial charge on any atom is 0.405 e. The average molecular weight is 295 g/mol. The quantitative estimate of drug-likeness (QED) is 0.816. The molecule has 0 unspecified atom stereocenters. The van der Waals surface area contributed by atoms with Gasteiger partial charge in [0.1, 0.15) is 18.1 Å². The van der Waals surface area contributed by atoms with Gasteiger partial charge in [-0.2, -0.15) is 13.2 Å². The van der Waals surface area contributed by atoms with Crippen molar-refractivity contribution in [2.24, 2.45) is 0 Å². The second kappa shape index (κ2) is 6.56. The fraction of sp³-hybridized carbons (Fsp3) is 0.417. The zero-order valence-electron chi connectivity index (χ0n) is 10.5. The normalized spacial score (nSPS) is 12.9. The van der Waals surface area contributed by atoms with Crippen LogP contribution < -0.4 is 10.1 Å². The lowest BCUT2D eigenvalue weighted by Crippen LogP contribution is -2.36. The van der Waals surface area contributed by atoms with E-state index in [0.29, 0.717) is 0 Å². The third kappa shape index (κ3) is 5.43. The number of rotatable bonds is 5. The van der Waals surface area contributed by atoms with Crippen LogP contribution in [0.15, 0.2) is 18.2 Å². The van der Waals surface area contributed by atoms with Crippen molar-refractivity contribution in [1.29, 1.82) is 0 Å². The minimum Gasteiger partial charge on any atom is -0.483 e. The first-order valence-corrected chi connectivity index (χ1v) is 5.63. The van der Waals surface area contributed by atoms with Gasteiger partial charge in [0.05, 0.1) is 6.10 Å². The number of nitrogens with one attached hydrogen (secondary N) is 1. The maximum absolute atomic E-state index is 13.0. The van der Waals surface area contributed by atoms with E-state index in [0.717, 1.165) is 12.1 Å². The van der Waals surface area contributed by atoms with Gasteiger partial charge in [-0.1, -0.05) is 0 Å². The third-order valence-electron chi connectivity index (χ3n) is 2.27. The summed E-state index contributed by atoms with van der Waals surface area (Å²) in [4.78, 5) is 11.1. The van der Waals surface area contributed by atoms with Gasteiger partial charge in [0, 0.05) is 11.6 Å². The summed E-state index contributed by atoms with van der Waals surface area (Å²) in [6.45, 7) is -0.773. The van der Waals surface area contributed by atoms with Crippen molar-refractivity contribution >= 4 is 5.91 Å². The van der Waals surface area contributed by atoms with E-state index < -0.39 is 37.2 Å². The van der Waals surface area contributed by atoms with Gasteiger partial charge in [-0.15, -0.1) is 0 Å². The highest BCUT2D eigenvalue weighted by atomic mass is 19.4. The molecule has 0 bridgehead atoms. The van der Waals surface area contributed by atoms with Crippen molar-refractivity contribution in [1.82, 2.24) is 5.32 Å². The third-order valence-corrected chi connectivity index (χ3v) is 2.27. The summed E-state index contributed by atoms with van der Waals surface area (Å²) < 4.78 is 53.5. The standard InChI is InChI=1S/C12H13F4NO3/c1-7(18)9-3-2-8(13)4-10(9)20-5-11(19)17-6-12(14,15)16/h2-4,7,18H,5-6H2,1H3,(H,17,19)/t7-/m0/s1. The van der Waals surface area contributed by atoms with Gasteiger partial charge in [-0.25, -0.2) is 4.39 Å². The van der Waals surface area contributed by atoms with Crippen LogP contribution in [0.2, 0.25) is 0 Å². The highest BCUT2D eigenvalue weighted by molar-refractivity contribution is 5.77. The molecule has 1 aromatic rings. The highest BCUT2D eigenvalue weighted by Crippen LogP contribution is 2.25. The minimum absolute atomic E-state index is 0.0952. The fourth-order valence-corrected chi connectivity index (χ4v) is 1.37. The number of carbonyl (C=O) groups excluding carboxylic acids is 1. The Bertz CT molecular complexity index is 474. The van der Waals surface area contributed by atoms with Crippen LogP contribution in [0.5, 0.6) is 5.75 Å². The molecule has 0 saturated heterocycles. The second-order valence-corrected chi connectivity index (χ2v) is 4.04. The summed E-state index contributed by atoms with van der Waals surface area (Å²) in [6.07, 6.45) is -5.48. The topological polar surface area (TPSA) is 58.6 Å². The Kier molecular flexibility index (Phi) is 5.32. The highest BCUT2D eigenvalue weighted by Gasteiger charge is 2.27. The molecular weight excluding hydrogens is 282 g/mol. The molecule has 0 heterocycles. The molecule has 112 valence electrons. The molecular formula is C12H13F4NO3. The van der Waals surface area contributed by atoms with Gasteiger partial charge in [-0.05, 0) is 19.1 Å². The molecule has 1 aromatic carbocycles. The number of aliphatic hydroxyl groups is 1. The van der Waals surface area contributed by atoms with Crippen LogP contribution in [0.1, 0.15) is 18.6 Å². The van der Waals surface area contributed by atoms with Crippen LogP contribution in [0.3, 0.4) is 0 Å². The molecule has 0 radical (unpaired) electrons. The molecule has 0 aliphatic heterocycles. The molecule has 0 aromatic heterocycles. The lowest BCUT2D eigenvalue weighted by atomic mass is 10.1. The molecule has 4 nitrogen and oxygen atoms in total. The SMILES string of the molecule is C[C@H](O)c1ccc(F)cc1OCC(=O)NCC(F)(F)F. The number of halogens is 4. The van der Waals surface area contributed by atoms with Crippen LogP contribution in [-0.2, 0) is 4.79 Å². The Morgan fingerprint density at radius 2 is 2.10 bits per heavy atom. The molecule has 1 rings (SSSR count). The van der Waals surface area contributed by atoms with E-state index in [1.807, 2.05) is 0 Å². The number of alkyl halides is 3. The largest absolute Gasteiger partial charge is 0.483 e. The minimum atomic E-state index is -4.51. The summed E-state index contributed by atoms with van der Waals surface area (Å²) in [5.41, 5.74) is 0.232. The van der Waals surface area contributed by atoms with E-state index in [9.17, 15) is 27.5 Å². The number of carbonyl (C=O) groups is 1. The van der Waals surface area contributed by atoms with Crippen LogP contribution in [0.25, 0.3) is 0 Å². The molecule has 1 atom stereocenters. The summed E-state index contributed by atoms with van der Waals surface area (Å²) in [5, 5.41) is 11.0. The van der Waals surface area contributed by atoms with Crippen molar-refractivity contribution in [3.8, 4) is 5.75 Å². The molecule has 0 saturated carbocycles. The molecule has 0 aliphatic carbocycles. The van der Waals surface area contributed by atoms with E-state index in [1.165, 1.54) is 13.0 Å². The van der Waals surface area contributed by atoms with Gasteiger partial charge in [0.2, 0.25) is 0 Å². The predicted octanol–water partition coefficient (Wildman–Crippen LogP) is 1.94. The fourth-order valence-electron chi connectivity index (χ4n) is 1.37. The number of benzene rings is 1. The number of amides is 1. The number of aliphatic hydroxyl groups excluding tert-OH is 1. The summed E-state index contributed by atoms with van der Waals surface area (Å²) >= 11 is 0. The van der Waals surface area contributed by atoms with Crippen LogP contribution in [-0.4, -0.2) is 30.3 Å². The first kappa shape index (κ1) is 16.2. The van der Waals surface area contributed by atoms with Crippen molar-refractivity contribution in [2.45, 2.75) is 19.2 Å². The number of hydrogen-bond acceptors (Lipinski definition) is 3. The number of hydrogen-bond donors (Lipinski definition) is 2. The number of ether oxygens (including phenoxy) is 1. The van der Waals surface area contributed by atoms with E-state index in [2.05, 4.69) is 0 Å². The molecule has 20 heavy (non-hydrogen) atoms. The molecule has 8 heteroatoms. The summed E-state index contributed by atoms with van der Waals surface area (Å²) in [7, 11) is 0. The van der Waals surface area contributed by atoms with Gasteiger partial charge >= 0.3 is 6.18 Å². The van der Waals surface area contributed by atoms with E-state index in [4.69, 9.17) is 4.74 Å². The van der Waals surface area contributed by atoms with Gasteiger partial charge in [0.25, 0.3) is 5.91 Å². The van der Waals surface area contributed by atoms with Crippen LogP contribution in [0, 0.1) is 5.82 Å². The van der Waals surface area contributed by atoms with Crippen molar-refractivity contribution in [2.75, 3.05) is 13.2 Å². The van der Waals surface area contributed by atoms with E-state index in [-0.39, 0.29) is 11.3 Å². The lowest BCUT2D eigenvalue weighted by molar-refractivity contribution is -0.139. The molecule has 2 N–H and O–H groups in total. The zero-order valence-corrected chi connectivity index (χ0v) is 10.5. The summed E-state index contributed by atoms with van der Waals surface area (Å²) in [6, 6.07) is 3.31. The van der Waals surface area contributed by atoms with Crippen LogP contribution >= 0.6 is 0 Å². The average Bonchev–Trinajstić information content (AvgIpc) is 2.32. The maximum atomic E-state index is 13.0. The van der Waals surface area contributed by atoms with Crippen molar-refractivity contribution in [3.05, 3.63) is 29.6 Å². The second-order valence-electron chi connectivity index (χ2n) is 4.04.